The molecule has 0 aromatic carbocycles. The highest BCUT2D eigenvalue weighted by Gasteiger charge is 2.37. The van der Waals surface area contributed by atoms with E-state index in [4.69, 9.17) is 13.8 Å². The maximum absolute atomic E-state index is 12.2. The molecule has 0 saturated carbocycles. The second-order valence-corrected chi connectivity index (χ2v) is 5.59. The van der Waals surface area contributed by atoms with E-state index in [0.29, 0.717) is 13.2 Å². The van der Waals surface area contributed by atoms with Crippen molar-refractivity contribution >= 4 is 13.7 Å². The Balaban J connectivity index is 2.61. The summed E-state index contributed by atoms with van der Waals surface area (Å²) in [6.45, 7) is 5.86. The molecule has 16 heavy (non-hydrogen) atoms. The van der Waals surface area contributed by atoms with Crippen LogP contribution in [-0.4, -0.2) is 37.6 Å². The van der Waals surface area contributed by atoms with Crippen LogP contribution in [-0.2, 0) is 18.3 Å². The number of carbonyl (C=O) groups excluding carboxylic acids is 1. The van der Waals surface area contributed by atoms with Gasteiger partial charge in [-0.15, -0.1) is 0 Å². The molecule has 0 aliphatic carbocycles. The van der Waals surface area contributed by atoms with Crippen LogP contribution in [0.25, 0.3) is 0 Å². The Hall–Kier alpha value is -0.580. The summed E-state index contributed by atoms with van der Waals surface area (Å²) in [5.74, 6) is 0. The zero-order chi connectivity index (χ0) is 12.2. The first kappa shape index (κ1) is 13.5. The first-order valence-corrected chi connectivity index (χ1v) is 7.08. The second kappa shape index (κ2) is 5.66. The molecule has 0 aromatic heterocycles. The van der Waals surface area contributed by atoms with Crippen LogP contribution in [0.2, 0.25) is 0 Å². The molecule has 1 saturated heterocycles. The van der Waals surface area contributed by atoms with Gasteiger partial charge in [0, 0.05) is 0 Å². The SMILES string of the molecule is CCOP(=O)(C[C@H]1NC(=O)O[C@@H]1C)OCC. The molecular weight excluding hydrogens is 233 g/mol. The van der Waals surface area contributed by atoms with E-state index in [0.717, 1.165) is 0 Å². The molecule has 1 aliphatic rings. The monoisotopic (exact) mass is 251 g/mol. The van der Waals surface area contributed by atoms with E-state index >= 15 is 0 Å². The fraction of sp³-hybridized carbons (Fsp3) is 0.889. The normalized spacial score (nSPS) is 25.3. The van der Waals surface area contributed by atoms with Crippen molar-refractivity contribution in [2.24, 2.45) is 0 Å². The van der Waals surface area contributed by atoms with Crippen molar-refractivity contribution in [3.63, 3.8) is 0 Å². The number of hydrogen-bond donors (Lipinski definition) is 1. The van der Waals surface area contributed by atoms with Gasteiger partial charge in [-0.25, -0.2) is 4.79 Å². The Morgan fingerprint density at radius 2 is 1.94 bits per heavy atom. The second-order valence-electron chi connectivity index (χ2n) is 3.49. The average Bonchev–Trinajstić information content (AvgIpc) is 2.45. The lowest BCUT2D eigenvalue weighted by Crippen LogP contribution is -2.34. The highest BCUT2D eigenvalue weighted by Crippen LogP contribution is 2.49. The first-order chi connectivity index (χ1) is 7.50. The number of carbonyl (C=O) groups is 1. The van der Waals surface area contributed by atoms with E-state index in [2.05, 4.69) is 5.32 Å². The number of nitrogens with one attached hydrogen (secondary N) is 1. The quantitative estimate of drug-likeness (QED) is 0.728. The molecule has 1 aliphatic heterocycles. The highest BCUT2D eigenvalue weighted by molar-refractivity contribution is 7.53. The summed E-state index contributed by atoms with van der Waals surface area (Å²) in [7, 11) is -3.13. The summed E-state index contributed by atoms with van der Waals surface area (Å²) in [6.07, 6.45) is -0.666. The van der Waals surface area contributed by atoms with Gasteiger partial charge in [0.2, 0.25) is 0 Å². The number of cyclic esters (lactones) is 1. The third-order valence-corrected chi connectivity index (χ3v) is 4.38. The number of rotatable bonds is 6. The lowest BCUT2D eigenvalue weighted by Gasteiger charge is -2.21. The predicted octanol–water partition coefficient (Wildman–Crippen LogP) is 1.75. The van der Waals surface area contributed by atoms with Gasteiger partial charge in [0.1, 0.15) is 6.10 Å². The van der Waals surface area contributed by atoms with Gasteiger partial charge in [-0.2, -0.15) is 0 Å². The molecule has 1 rings (SSSR count). The molecule has 6 nitrogen and oxygen atoms in total. The first-order valence-electron chi connectivity index (χ1n) is 5.36. The lowest BCUT2D eigenvalue weighted by molar-refractivity contribution is 0.141. The molecule has 2 atom stereocenters. The summed E-state index contributed by atoms with van der Waals surface area (Å²) < 4.78 is 27.3. The molecule has 1 N–H and O–H groups in total. The standard InChI is InChI=1S/C9H18NO5P/c1-4-13-16(12,14-5-2)6-8-7(3)15-9(11)10-8/h7-8H,4-6H2,1-3H3,(H,10,11)/t7-,8-/m1/s1. The van der Waals surface area contributed by atoms with Crippen molar-refractivity contribution in [1.29, 1.82) is 0 Å². The summed E-state index contributed by atoms with van der Waals surface area (Å²) in [5.41, 5.74) is 0. The van der Waals surface area contributed by atoms with Gasteiger partial charge >= 0.3 is 13.7 Å². The molecule has 1 amide bonds. The van der Waals surface area contributed by atoms with Crippen LogP contribution in [0.15, 0.2) is 0 Å². The van der Waals surface area contributed by atoms with E-state index in [9.17, 15) is 9.36 Å². The summed E-state index contributed by atoms with van der Waals surface area (Å²) in [5, 5.41) is 2.58. The Kier molecular flexibility index (Phi) is 4.77. The smallest absolute Gasteiger partial charge is 0.407 e. The van der Waals surface area contributed by atoms with Gasteiger partial charge in [-0.05, 0) is 20.8 Å². The predicted molar refractivity (Wildman–Crippen MR) is 58.6 cm³/mol. The number of ether oxygens (including phenoxy) is 1. The van der Waals surface area contributed by atoms with Crippen LogP contribution in [0.3, 0.4) is 0 Å². The summed E-state index contributed by atoms with van der Waals surface area (Å²) in [6, 6.07) is -0.323. The molecular formula is C9H18NO5P. The minimum Gasteiger partial charge on any atom is -0.444 e. The van der Waals surface area contributed by atoms with Crippen LogP contribution in [0, 0.1) is 0 Å². The van der Waals surface area contributed by atoms with Gasteiger partial charge in [0.15, 0.2) is 0 Å². The van der Waals surface area contributed by atoms with E-state index in [1.807, 2.05) is 0 Å². The van der Waals surface area contributed by atoms with Crippen molar-refractivity contribution < 1.29 is 23.1 Å². The van der Waals surface area contributed by atoms with E-state index in [1.165, 1.54) is 0 Å². The molecule has 1 heterocycles. The zero-order valence-corrected chi connectivity index (χ0v) is 10.7. The van der Waals surface area contributed by atoms with E-state index in [-0.39, 0.29) is 18.3 Å². The van der Waals surface area contributed by atoms with Crippen LogP contribution in [0.5, 0.6) is 0 Å². The van der Waals surface area contributed by atoms with Gasteiger partial charge in [0.05, 0.1) is 25.4 Å². The third kappa shape index (κ3) is 3.47. The molecule has 7 heteroatoms. The molecule has 94 valence electrons. The van der Waals surface area contributed by atoms with Crippen LogP contribution in [0.4, 0.5) is 4.79 Å². The van der Waals surface area contributed by atoms with Gasteiger partial charge in [0.25, 0.3) is 0 Å². The maximum atomic E-state index is 12.2. The molecule has 0 bridgehead atoms. The zero-order valence-electron chi connectivity index (χ0n) is 9.76. The van der Waals surface area contributed by atoms with Crippen molar-refractivity contribution in [1.82, 2.24) is 5.32 Å². The fourth-order valence-electron chi connectivity index (χ4n) is 1.52. The number of hydrogen-bond acceptors (Lipinski definition) is 5. The minimum atomic E-state index is -3.13. The summed E-state index contributed by atoms with van der Waals surface area (Å²) in [4.78, 5) is 11.0. The van der Waals surface area contributed by atoms with Gasteiger partial charge < -0.3 is 19.1 Å². The van der Waals surface area contributed by atoms with Crippen molar-refractivity contribution in [2.45, 2.75) is 32.9 Å². The topological polar surface area (TPSA) is 73.9 Å². The highest BCUT2D eigenvalue weighted by atomic mass is 31.2. The van der Waals surface area contributed by atoms with Crippen molar-refractivity contribution in [3.05, 3.63) is 0 Å². The Bertz CT molecular complexity index is 286. The van der Waals surface area contributed by atoms with Gasteiger partial charge in [-0.1, -0.05) is 0 Å². The largest absolute Gasteiger partial charge is 0.444 e. The van der Waals surface area contributed by atoms with Crippen LogP contribution >= 0.6 is 7.60 Å². The Morgan fingerprint density at radius 1 is 1.38 bits per heavy atom. The molecule has 1 fully saturated rings. The lowest BCUT2D eigenvalue weighted by atomic mass is 10.2. The molecule has 0 unspecified atom stereocenters. The molecule has 0 radical (unpaired) electrons. The molecule has 0 spiro atoms. The minimum absolute atomic E-state index is 0.140. The fourth-order valence-corrected chi connectivity index (χ4v) is 3.47. The van der Waals surface area contributed by atoms with E-state index in [1.54, 1.807) is 20.8 Å². The van der Waals surface area contributed by atoms with E-state index < -0.39 is 13.7 Å². The Morgan fingerprint density at radius 3 is 2.31 bits per heavy atom. The summed E-state index contributed by atoms with van der Waals surface area (Å²) >= 11 is 0. The third-order valence-electron chi connectivity index (χ3n) is 2.23. The Labute approximate surface area is 95.2 Å². The van der Waals surface area contributed by atoms with Crippen molar-refractivity contribution in [2.75, 3.05) is 19.4 Å². The number of alkyl carbamates (subject to hydrolysis) is 1. The average molecular weight is 251 g/mol. The van der Waals surface area contributed by atoms with Gasteiger partial charge in [-0.3, -0.25) is 4.57 Å². The maximum Gasteiger partial charge on any atom is 0.407 e. The van der Waals surface area contributed by atoms with Crippen LogP contribution in [0.1, 0.15) is 20.8 Å². The van der Waals surface area contributed by atoms with Crippen molar-refractivity contribution in [3.8, 4) is 0 Å². The molecule has 0 aromatic rings. The number of amides is 1. The van der Waals surface area contributed by atoms with Crippen LogP contribution < -0.4 is 5.32 Å².